The highest BCUT2D eigenvalue weighted by Gasteiger charge is 2.32. The normalized spacial score (nSPS) is 10.3. The van der Waals surface area contributed by atoms with Crippen LogP contribution in [0, 0.1) is 13.8 Å². The summed E-state index contributed by atoms with van der Waals surface area (Å²) < 4.78 is 36.4. The van der Waals surface area contributed by atoms with E-state index in [1.165, 1.54) is 36.6 Å². The second kappa shape index (κ2) is 18.7. The number of aryl methyl sites for hydroxylation is 2. The van der Waals surface area contributed by atoms with Crippen LogP contribution in [0.5, 0.6) is 0 Å². The van der Waals surface area contributed by atoms with Gasteiger partial charge in [-0.25, -0.2) is 0 Å². The summed E-state index contributed by atoms with van der Waals surface area (Å²) in [5.41, 5.74) is 9.37. The minimum Gasteiger partial charge on any atom is -0.389 e. The van der Waals surface area contributed by atoms with Gasteiger partial charge in [0.15, 0.2) is 0 Å². The highest BCUT2D eigenvalue weighted by Crippen LogP contribution is 2.34. The molecule has 194 valence electrons. The minimum atomic E-state index is -4.36. The molecule has 2 aromatic carbocycles. The lowest BCUT2D eigenvalue weighted by Gasteiger charge is -2.12. The number of aldehydes is 1. The fraction of sp³-hybridized carbons (Fsp3) is 0.333. The number of thiocarbonyl (C=S) groups is 1. The summed E-state index contributed by atoms with van der Waals surface area (Å²) in [6.07, 6.45) is -0.430. The second-order valence-electron chi connectivity index (χ2n) is 7.31. The molecule has 0 aromatic heterocycles. The molecule has 0 fully saturated rings. The molecule has 0 aliphatic heterocycles. The van der Waals surface area contributed by atoms with Crippen LogP contribution in [0.3, 0.4) is 0 Å². The fourth-order valence-electron chi connectivity index (χ4n) is 2.39. The molecule has 0 radical (unpaired) electrons. The van der Waals surface area contributed by atoms with E-state index in [1.807, 2.05) is 19.1 Å². The van der Waals surface area contributed by atoms with E-state index in [2.05, 4.69) is 50.9 Å². The number of alkyl halides is 3. The van der Waals surface area contributed by atoms with Gasteiger partial charge in [0.2, 0.25) is 0 Å². The van der Waals surface area contributed by atoms with Gasteiger partial charge in [-0.2, -0.15) is 13.2 Å². The summed E-state index contributed by atoms with van der Waals surface area (Å²) >= 11 is 10.3. The van der Waals surface area contributed by atoms with E-state index in [1.54, 1.807) is 6.92 Å². The summed E-state index contributed by atoms with van der Waals surface area (Å²) in [6, 6.07) is 12.2. The molecule has 0 aliphatic rings. The van der Waals surface area contributed by atoms with Crippen molar-refractivity contribution in [2.24, 2.45) is 5.73 Å². The van der Waals surface area contributed by atoms with Crippen LogP contribution in [-0.4, -0.2) is 11.3 Å². The van der Waals surface area contributed by atoms with Gasteiger partial charge in [-0.05, 0) is 45.4 Å². The van der Waals surface area contributed by atoms with Gasteiger partial charge in [0.1, 0.15) is 11.3 Å². The first-order chi connectivity index (χ1) is 16.3. The molecule has 0 saturated carbocycles. The van der Waals surface area contributed by atoms with Crippen LogP contribution >= 0.6 is 23.8 Å². The predicted octanol–water partition coefficient (Wildman–Crippen LogP) is 8.12. The molecular formula is C27H36ClF3N2OS. The highest BCUT2D eigenvalue weighted by molar-refractivity contribution is 7.80. The van der Waals surface area contributed by atoms with Crippen molar-refractivity contribution in [2.45, 2.75) is 60.7 Å². The number of halogens is 4. The van der Waals surface area contributed by atoms with Crippen LogP contribution in [0.2, 0.25) is 5.02 Å². The van der Waals surface area contributed by atoms with Gasteiger partial charge in [0.05, 0.1) is 10.6 Å². The molecule has 3 N–H and O–H groups in total. The molecule has 0 heterocycles. The zero-order valence-corrected chi connectivity index (χ0v) is 22.8. The number of carbonyl (C=O) groups is 1. The molecular weight excluding hydrogens is 493 g/mol. The molecule has 8 heteroatoms. The Kier molecular flexibility index (Phi) is 18.4. The van der Waals surface area contributed by atoms with E-state index in [9.17, 15) is 13.2 Å². The number of allylic oxidation sites excluding steroid dienone is 1. The maximum Gasteiger partial charge on any atom is 0.417 e. The van der Waals surface area contributed by atoms with Gasteiger partial charge in [-0.1, -0.05) is 98.2 Å². The third kappa shape index (κ3) is 15.8. The number of nitrogens with one attached hydrogen (secondary N) is 1. The van der Waals surface area contributed by atoms with Crippen molar-refractivity contribution in [3.05, 3.63) is 93.7 Å². The first kappa shape index (κ1) is 34.5. The Morgan fingerprint density at radius 2 is 1.63 bits per heavy atom. The average molecular weight is 529 g/mol. The Balaban J connectivity index is 0. The number of benzene rings is 2. The lowest BCUT2D eigenvalue weighted by Crippen LogP contribution is -2.21. The van der Waals surface area contributed by atoms with Crippen molar-refractivity contribution in [1.29, 1.82) is 0 Å². The topological polar surface area (TPSA) is 55.1 Å². The van der Waals surface area contributed by atoms with Crippen molar-refractivity contribution in [3.63, 3.8) is 0 Å². The zero-order valence-electron chi connectivity index (χ0n) is 21.2. The third-order valence-corrected chi connectivity index (χ3v) is 4.48. The largest absolute Gasteiger partial charge is 0.417 e. The number of nitrogens with two attached hydrogens (primary N) is 1. The van der Waals surface area contributed by atoms with Crippen LogP contribution in [0.15, 0.2) is 66.4 Å². The predicted molar refractivity (Wildman–Crippen MR) is 147 cm³/mol. The SMILES string of the molecule is C=C(C(N)=S)/C(=C\C)NCc1cccc(C)c1.CC=O.CCC.Cc1ccc(Cl)c(C(F)(F)F)c1. The molecule has 2 aromatic rings. The van der Waals surface area contributed by atoms with Crippen LogP contribution in [0.4, 0.5) is 13.2 Å². The molecule has 3 nitrogen and oxygen atoms in total. The van der Waals surface area contributed by atoms with E-state index in [0.29, 0.717) is 16.1 Å². The highest BCUT2D eigenvalue weighted by atomic mass is 35.5. The van der Waals surface area contributed by atoms with Crippen molar-refractivity contribution >= 4 is 35.1 Å². The minimum absolute atomic E-state index is 0.256. The van der Waals surface area contributed by atoms with Crippen LogP contribution in [0.25, 0.3) is 0 Å². The van der Waals surface area contributed by atoms with Gasteiger partial charge in [0, 0.05) is 17.8 Å². The maximum absolute atomic E-state index is 12.1. The van der Waals surface area contributed by atoms with Gasteiger partial charge in [0.25, 0.3) is 0 Å². The van der Waals surface area contributed by atoms with Crippen molar-refractivity contribution in [1.82, 2.24) is 5.32 Å². The molecule has 0 unspecified atom stereocenters. The van der Waals surface area contributed by atoms with Gasteiger partial charge >= 0.3 is 6.18 Å². The van der Waals surface area contributed by atoms with Crippen molar-refractivity contribution in [3.8, 4) is 0 Å². The van der Waals surface area contributed by atoms with Crippen molar-refractivity contribution < 1.29 is 18.0 Å². The zero-order chi connectivity index (χ0) is 27.6. The Morgan fingerprint density at radius 1 is 1.11 bits per heavy atom. The first-order valence-corrected chi connectivity index (χ1v) is 11.7. The maximum atomic E-state index is 12.1. The summed E-state index contributed by atoms with van der Waals surface area (Å²) in [5.74, 6) is 0. The van der Waals surface area contributed by atoms with E-state index in [-0.39, 0.29) is 5.02 Å². The van der Waals surface area contributed by atoms with E-state index < -0.39 is 11.7 Å². The summed E-state index contributed by atoms with van der Waals surface area (Å²) in [6.45, 7) is 15.9. The Bertz CT molecular complexity index is 973. The van der Waals surface area contributed by atoms with Gasteiger partial charge < -0.3 is 15.8 Å². The molecule has 0 amide bonds. The van der Waals surface area contributed by atoms with Crippen LogP contribution in [0.1, 0.15) is 56.4 Å². The molecule has 35 heavy (non-hydrogen) atoms. The molecule has 0 aliphatic carbocycles. The number of hydrogen-bond donors (Lipinski definition) is 2. The molecule has 0 spiro atoms. The lowest BCUT2D eigenvalue weighted by molar-refractivity contribution is -0.137. The fourth-order valence-corrected chi connectivity index (χ4v) is 2.73. The van der Waals surface area contributed by atoms with E-state index >= 15 is 0 Å². The molecule has 2 rings (SSSR count). The quantitative estimate of drug-likeness (QED) is 0.178. The third-order valence-electron chi connectivity index (χ3n) is 3.90. The standard InChI is InChI=1S/C14H18N2S.C8H6ClF3.C3H8.C2H4O/c1-4-13(11(3)14(15)17)16-9-12-7-5-6-10(2)8-12;1-5-2-3-7(9)6(4-5)8(10,11)12;1-3-2;1-2-3/h4-8,16H,3,9H2,1-2H3,(H2,15,17);2-4H,1H3;3H2,1-2H3;2H,1H3/b13-4+;;;. The molecule has 0 saturated heterocycles. The Hall–Kier alpha value is -2.64. The second-order valence-corrected chi connectivity index (χ2v) is 8.16. The monoisotopic (exact) mass is 528 g/mol. The van der Waals surface area contributed by atoms with Crippen LogP contribution < -0.4 is 11.1 Å². The van der Waals surface area contributed by atoms with E-state index in [0.717, 1.165) is 24.6 Å². The number of rotatable bonds is 5. The van der Waals surface area contributed by atoms with Crippen molar-refractivity contribution in [2.75, 3.05) is 0 Å². The Morgan fingerprint density at radius 3 is 2.03 bits per heavy atom. The first-order valence-electron chi connectivity index (χ1n) is 11.0. The Labute approximate surface area is 218 Å². The van der Waals surface area contributed by atoms with Crippen LogP contribution in [-0.2, 0) is 17.5 Å². The molecule has 0 atom stereocenters. The smallest absolute Gasteiger partial charge is 0.389 e. The molecule has 0 bridgehead atoms. The van der Waals surface area contributed by atoms with Gasteiger partial charge in [-0.15, -0.1) is 0 Å². The lowest BCUT2D eigenvalue weighted by atomic mass is 10.1. The van der Waals surface area contributed by atoms with E-state index in [4.69, 9.17) is 34.3 Å². The average Bonchev–Trinajstić information content (AvgIpc) is 2.76. The van der Waals surface area contributed by atoms with Gasteiger partial charge in [-0.3, -0.25) is 0 Å². The summed E-state index contributed by atoms with van der Waals surface area (Å²) in [7, 11) is 0. The number of hydrogen-bond acceptors (Lipinski definition) is 3. The summed E-state index contributed by atoms with van der Waals surface area (Å²) in [5, 5.41) is 3.03. The number of carbonyl (C=O) groups excluding carboxylic acids is 1. The summed E-state index contributed by atoms with van der Waals surface area (Å²) in [4.78, 5) is 9.13.